The predicted octanol–water partition coefficient (Wildman–Crippen LogP) is 2.08. The summed E-state index contributed by atoms with van der Waals surface area (Å²) < 4.78 is 9.82. The van der Waals surface area contributed by atoms with Crippen molar-refractivity contribution in [1.29, 1.82) is 0 Å². The molecule has 1 fully saturated rings. The van der Waals surface area contributed by atoms with Crippen LogP contribution in [0.3, 0.4) is 0 Å². The SMILES string of the molecule is Cc1ccncc1C(=O)OCOC(=O)N(C)[C@@H]1CCCCC1=O. The standard InChI is InChI=1S/C16H20N2O5/c1-11-7-8-17-9-12(11)15(20)22-10-23-16(21)18(2)13-5-3-4-6-14(13)19/h7-9,13H,3-6,10H2,1-2H3/t13-/m1/s1. The lowest BCUT2D eigenvalue weighted by Gasteiger charge is -2.29. The zero-order valence-electron chi connectivity index (χ0n) is 13.3. The Morgan fingerprint density at radius 1 is 1.35 bits per heavy atom. The lowest BCUT2D eigenvalue weighted by molar-refractivity contribution is -0.125. The average molecular weight is 320 g/mol. The van der Waals surface area contributed by atoms with Gasteiger partial charge in [0.1, 0.15) is 0 Å². The Morgan fingerprint density at radius 3 is 2.83 bits per heavy atom. The number of ether oxygens (including phenoxy) is 2. The number of hydrogen-bond acceptors (Lipinski definition) is 6. The predicted molar refractivity (Wildman–Crippen MR) is 80.8 cm³/mol. The summed E-state index contributed by atoms with van der Waals surface area (Å²) in [5.41, 5.74) is 1.04. The highest BCUT2D eigenvalue weighted by atomic mass is 16.7. The van der Waals surface area contributed by atoms with E-state index >= 15 is 0 Å². The number of carbonyl (C=O) groups excluding carboxylic acids is 3. The number of aromatic nitrogens is 1. The van der Waals surface area contributed by atoms with Gasteiger partial charge in [0.05, 0.1) is 11.6 Å². The number of esters is 1. The van der Waals surface area contributed by atoms with Gasteiger partial charge in [-0.25, -0.2) is 9.59 Å². The molecule has 1 aromatic heterocycles. The largest absolute Gasteiger partial charge is 0.424 e. The monoisotopic (exact) mass is 320 g/mol. The molecule has 0 radical (unpaired) electrons. The van der Waals surface area contributed by atoms with Crippen molar-refractivity contribution in [3.8, 4) is 0 Å². The van der Waals surface area contributed by atoms with Gasteiger partial charge in [0.2, 0.25) is 6.79 Å². The Labute approximate surface area is 134 Å². The van der Waals surface area contributed by atoms with Crippen molar-refractivity contribution in [2.24, 2.45) is 0 Å². The Hall–Kier alpha value is -2.44. The number of ketones is 1. The molecule has 0 unspecified atom stereocenters. The van der Waals surface area contributed by atoms with E-state index < -0.39 is 24.9 Å². The van der Waals surface area contributed by atoms with Gasteiger partial charge in [-0.3, -0.25) is 9.78 Å². The van der Waals surface area contributed by atoms with Crippen molar-refractivity contribution in [3.63, 3.8) is 0 Å². The van der Waals surface area contributed by atoms with E-state index in [2.05, 4.69) is 4.98 Å². The molecule has 1 saturated carbocycles. The molecular weight excluding hydrogens is 300 g/mol. The van der Waals surface area contributed by atoms with Gasteiger partial charge in [0.25, 0.3) is 0 Å². The van der Waals surface area contributed by atoms with E-state index in [9.17, 15) is 14.4 Å². The molecule has 1 aliphatic rings. The van der Waals surface area contributed by atoms with E-state index in [1.54, 1.807) is 19.2 Å². The minimum Gasteiger partial charge on any atom is -0.424 e. The molecule has 124 valence electrons. The van der Waals surface area contributed by atoms with Gasteiger partial charge in [0.15, 0.2) is 5.78 Å². The summed E-state index contributed by atoms with van der Waals surface area (Å²) in [5, 5.41) is 0. The molecule has 1 aliphatic carbocycles. The summed E-state index contributed by atoms with van der Waals surface area (Å²) in [5.74, 6) is -0.571. The molecule has 0 aliphatic heterocycles. The maximum Gasteiger partial charge on any atom is 0.413 e. The third-order valence-electron chi connectivity index (χ3n) is 3.91. The summed E-state index contributed by atoms with van der Waals surface area (Å²) >= 11 is 0. The fourth-order valence-corrected chi connectivity index (χ4v) is 2.49. The van der Waals surface area contributed by atoms with Crippen molar-refractivity contribution in [2.45, 2.75) is 38.6 Å². The molecule has 0 spiro atoms. The van der Waals surface area contributed by atoms with Crippen LogP contribution < -0.4 is 0 Å². The Morgan fingerprint density at radius 2 is 2.13 bits per heavy atom. The highest BCUT2D eigenvalue weighted by molar-refractivity contribution is 5.90. The van der Waals surface area contributed by atoms with Gasteiger partial charge < -0.3 is 14.4 Å². The van der Waals surface area contributed by atoms with E-state index in [1.165, 1.54) is 18.1 Å². The Bertz CT molecular complexity index is 602. The number of rotatable bonds is 4. The first-order valence-electron chi connectivity index (χ1n) is 7.50. The molecule has 0 N–H and O–H groups in total. The van der Waals surface area contributed by atoms with Crippen LogP contribution in [0.15, 0.2) is 18.5 Å². The topological polar surface area (TPSA) is 85.8 Å². The number of pyridine rings is 1. The minimum atomic E-state index is -0.680. The van der Waals surface area contributed by atoms with E-state index in [-0.39, 0.29) is 5.78 Å². The number of carbonyl (C=O) groups is 3. The Kier molecular flexibility index (Phi) is 5.67. The lowest BCUT2D eigenvalue weighted by atomic mass is 9.93. The molecule has 0 aromatic carbocycles. The molecule has 23 heavy (non-hydrogen) atoms. The minimum absolute atomic E-state index is 0.0404. The van der Waals surface area contributed by atoms with E-state index in [0.29, 0.717) is 18.4 Å². The van der Waals surface area contributed by atoms with Crippen LogP contribution in [-0.2, 0) is 14.3 Å². The van der Waals surface area contributed by atoms with Crippen LogP contribution in [0.1, 0.15) is 41.6 Å². The smallest absolute Gasteiger partial charge is 0.413 e. The van der Waals surface area contributed by atoms with Crippen LogP contribution >= 0.6 is 0 Å². The number of likely N-dealkylation sites (N-methyl/N-ethyl adjacent to an activating group) is 1. The van der Waals surface area contributed by atoms with Gasteiger partial charge in [-0.1, -0.05) is 6.42 Å². The summed E-state index contributed by atoms with van der Waals surface area (Å²) in [6.07, 6.45) is 5.18. The fourth-order valence-electron chi connectivity index (χ4n) is 2.49. The van der Waals surface area contributed by atoms with Crippen molar-refractivity contribution in [2.75, 3.05) is 13.8 Å². The highest BCUT2D eigenvalue weighted by Gasteiger charge is 2.29. The zero-order chi connectivity index (χ0) is 16.8. The van der Waals surface area contributed by atoms with E-state index in [1.807, 2.05) is 0 Å². The fraction of sp³-hybridized carbons (Fsp3) is 0.500. The number of amides is 1. The normalized spacial score (nSPS) is 17.5. The van der Waals surface area contributed by atoms with E-state index in [0.717, 1.165) is 18.4 Å². The maximum absolute atomic E-state index is 11.9. The summed E-state index contributed by atoms with van der Waals surface area (Å²) in [4.78, 5) is 40.7. The van der Waals surface area contributed by atoms with Crippen molar-refractivity contribution < 1.29 is 23.9 Å². The number of hydrogen-bond donors (Lipinski definition) is 0. The van der Waals surface area contributed by atoms with Crippen LogP contribution in [0.2, 0.25) is 0 Å². The van der Waals surface area contributed by atoms with Gasteiger partial charge in [-0.15, -0.1) is 0 Å². The van der Waals surface area contributed by atoms with Crippen LogP contribution in [0.25, 0.3) is 0 Å². The summed E-state index contributed by atoms with van der Waals surface area (Å²) in [7, 11) is 1.52. The molecule has 1 heterocycles. The second-order valence-electron chi connectivity index (χ2n) is 5.49. The van der Waals surface area contributed by atoms with Crippen LogP contribution in [0.5, 0.6) is 0 Å². The van der Waals surface area contributed by atoms with Crippen molar-refractivity contribution in [1.82, 2.24) is 9.88 Å². The van der Waals surface area contributed by atoms with Crippen molar-refractivity contribution >= 4 is 17.8 Å². The van der Waals surface area contributed by atoms with E-state index in [4.69, 9.17) is 9.47 Å². The number of aryl methyl sites for hydroxylation is 1. The lowest BCUT2D eigenvalue weighted by Crippen LogP contribution is -2.44. The average Bonchev–Trinajstić information content (AvgIpc) is 2.54. The summed E-state index contributed by atoms with van der Waals surface area (Å²) in [6, 6.07) is 1.23. The second-order valence-corrected chi connectivity index (χ2v) is 5.49. The van der Waals surface area contributed by atoms with Gasteiger partial charge in [-0.05, 0) is 31.4 Å². The number of Topliss-reactive ketones (excluding diaryl/α,β-unsaturated/α-hetero) is 1. The highest BCUT2D eigenvalue weighted by Crippen LogP contribution is 2.19. The molecule has 7 nitrogen and oxygen atoms in total. The van der Waals surface area contributed by atoms with Crippen LogP contribution in [-0.4, -0.2) is 47.6 Å². The molecule has 7 heteroatoms. The molecular formula is C16H20N2O5. The van der Waals surface area contributed by atoms with Gasteiger partial charge in [-0.2, -0.15) is 0 Å². The number of nitrogens with zero attached hydrogens (tertiary/aromatic N) is 2. The first kappa shape index (κ1) is 16.9. The maximum atomic E-state index is 11.9. The van der Waals surface area contributed by atoms with Crippen molar-refractivity contribution in [3.05, 3.63) is 29.6 Å². The molecule has 1 amide bonds. The third-order valence-corrected chi connectivity index (χ3v) is 3.91. The first-order chi connectivity index (χ1) is 11.0. The van der Waals surface area contributed by atoms with Gasteiger partial charge >= 0.3 is 12.1 Å². The molecule has 1 aromatic rings. The first-order valence-corrected chi connectivity index (χ1v) is 7.50. The molecule has 1 atom stereocenters. The van der Waals surface area contributed by atoms with Crippen LogP contribution in [0.4, 0.5) is 4.79 Å². The summed E-state index contributed by atoms with van der Waals surface area (Å²) in [6.45, 7) is 1.25. The second kappa shape index (κ2) is 7.71. The molecule has 0 bridgehead atoms. The molecule has 0 saturated heterocycles. The zero-order valence-corrected chi connectivity index (χ0v) is 13.3. The molecule has 2 rings (SSSR count). The quantitative estimate of drug-likeness (QED) is 0.623. The Balaban J connectivity index is 1.81. The van der Waals surface area contributed by atoms with Gasteiger partial charge in [0, 0.05) is 25.9 Å². The third kappa shape index (κ3) is 4.28. The van der Waals surface area contributed by atoms with Crippen LogP contribution in [0, 0.1) is 6.92 Å².